The van der Waals surface area contributed by atoms with Gasteiger partial charge in [-0.2, -0.15) is 0 Å². The van der Waals surface area contributed by atoms with Gasteiger partial charge in [0.2, 0.25) is 0 Å². The molecule has 0 atom stereocenters. The number of hydrogen-bond acceptors (Lipinski definition) is 6. The quantitative estimate of drug-likeness (QED) is 0.723. The van der Waals surface area contributed by atoms with Crippen LogP contribution in [0.3, 0.4) is 0 Å². The summed E-state index contributed by atoms with van der Waals surface area (Å²) in [6.07, 6.45) is 0. The van der Waals surface area contributed by atoms with E-state index in [2.05, 4.69) is 4.72 Å². The van der Waals surface area contributed by atoms with E-state index < -0.39 is 16.0 Å². The molecule has 0 bridgehead atoms. The van der Waals surface area contributed by atoms with Crippen molar-refractivity contribution in [3.8, 4) is 17.2 Å². The van der Waals surface area contributed by atoms with Gasteiger partial charge in [-0.1, -0.05) is 0 Å². The minimum Gasteiger partial charge on any atom is -0.495 e. The predicted molar refractivity (Wildman–Crippen MR) is 94.9 cm³/mol. The summed E-state index contributed by atoms with van der Waals surface area (Å²) < 4.78 is 43.4. The summed E-state index contributed by atoms with van der Waals surface area (Å²) in [5.74, 6) is -0.381. The smallest absolute Gasteiger partial charge is 0.335 e. The van der Waals surface area contributed by atoms with Crippen LogP contribution in [0.1, 0.15) is 17.3 Å². The van der Waals surface area contributed by atoms with Gasteiger partial charge in [0.1, 0.15) is 10.6 Å². The topological polar surface area (TPSA) is 111 Å². The Morgan fingerprint density at radius 1 is 1.04 bits per heavy atom. The second-order valence-corrected chi connectivity index (χ2v) is 6.73. The minimum absolute atomic E-state index is 0.0281. The number of nitrogens with one attached hydrogen (secondary N) is 1. The number of carboxylic acids is 1. The van der Waals surface area contributed by atoms with E-state index in [1.165, 1.54) is 38.5 Å². The highest BCUT2D eigenvalue weighted by molar-refractivity contribution is 7.92. The van der Waals surface area contributed by atoms with Crippen LogP contribution in [0.15, 0.2) is 41.3 Å². The number of ether oxygens (including phenoxy) is 3. The molecule has 2 N–H and O–H groups in total. The van der Waals surface area contributed by atoms with E-state index >= 15 is 0 Å². The first-order valence-corrected chi connectivity index (χ1v) is 9.05. The summed E-state index contributed by atoms with van der Waals surface area (Å²) >= 11 is 0. The van der Waals surface area contributed by atoms with Gasteiger partial charge in [0.25, 0.3) is 10.0 Å². The third-order valence-electron chi connectivity index (χ3n) is 3.42. The largest absolute Gasteiger partial charge is 0.495 e. The fourth-order valence-electron chi connectivity index (χ4n) is 2.24. The molecule has 0 saturated carbocycles. The number of carbonyl (C=O) groups is 1. The van der Waals surface area contributed by atoms with Gasteiger partial charge >= 0.3 is 5.97 Å². The first kappa shape index (κ1) is 19.4. The molecule has 0 radical (unpaired) electrons. The van der Waals surface area contributed by atoms with E-state index in [9.17, 15) is 13.2 Å². The Morgan fingerprint density at radius 2 is 1.69 bits per heavy atom. The molecule has 0 amide bonds. The summed E-state index contributed by atoms with van der Waals surface area (Å²) in [4.78, 5) is 10.8. The molecular formula is C17H19NO7S. The van der Waals surface area contributed by atoms with E-state index in [-0.39, 0.29) is 21.9 Å². The average Bonchev–Trinajstić information content (AvgIpc) is 2.62. The third kappa shape index (κ3) is 4.17. The van der Waals surface area contributed by atoms with Crippen molar-refractivity contribution in [3.05, 3.63) is 42.0 Å². The van der Waals surface area contributed by atoms with Crippen LogP contribution in [0, 0.1) is 0 Å². The van der Waals surface area contributed by atoms with Crippen LogP contribution in [-0.4, -0.2) is 40.3 Å². The maximum absolute atomic E-state index is 12.7. The Kier molecular flexibility index (Phi) is 5.93. The zero-order valence-corrected chi connectivity index (χ0v) is 15.3. The van der Waals surface area contributed by atoms with Crippen molar-refractivity contribution in [1.82, 2.24) is 0 Å². The molecule has 0 aliphatic carbocycles. The second-order valence-electron chi connectivity index (χ2n) is 5.07. The molecule has 0 unspecified atom stereocenters. The molecule has 8 nitrogen and oxygen atoms in total. The fourth-order valence-corrected chi connectivity index (χ4v) is 3.48. The van der Waals surface area contributed by atoms with E-state index in [1.54, 1.807) is 6.07 Å². The van der Waals surface area contributed by atoms with Gasteiger partial charge in [-0.25, -0.2) is 13.2 Å². The highest BCUT2D eigenvalue weighted by Crippen LogP contribution is 2.32. The van der Waals surface area contributed by atoms with Gasteiger partial charge in [0.15, 0.2) is 11.5 Å². The molecule has 0 aliphatic rings. The molecule has 2 rings (SSSR count). The number of aromatic carboxylic acids is 1. The van der Waals surface area contributed by atoms with Crippen molar-refractivity contribution in [1.29, 1.82) is 0 Å². The molecular weight excluding hydrogens is 362 g/mol. The van der Waals surface area contributed by atoms with Crippen LogP contribution < -0.4 is 18.9 Å². The van der Waals surface area contributed by atoms with Gasteiger partial charge in [-0.05, 0) is 37.3 Å². The maximum Gasteiger partial charge on any atom is 0.335 e. The van der Waals surface area contributed by atoms with E-state index in [4.69, 9.17) is 19.3 Å². The molecule has 140 valence electrons. The Bertz CT molecular complexity index is 909. The van der Waals surface area contributed by atoms with Gasteiger partial charge in [-0.15, -0.1) is 0 Å². The zero-order valence-electron chi connectivity index (χ0n) is 14.5. The van der Waals surface area contributed by atoms with Crippen molar-refractivity contribution >= 4 is 21.7 Å². The molecule has 0 spiro atoms. The summed E-state index contributed by atoms with van der Waals surface area (Å²) in [5.41, 5.74) is 0.0588. The second kappa shape index (κ2) is 7.96. The average molecular weight is 381 g/mol. The summed E-state index contributed by atoms with van der Waals surface area (Å²) in [6.45, 7) is 2.25. The van der Waals surface area contributed by atoms with Crippen LogP contribution in [0.5, 0.6) is 17.2 Å². The fraction of sp³-hybridized carbons (Fsp3) is 0.235. The minimum atomic E-state index is -4.10. The van der Waals surface area contributed by atoms with Gasteiger partial charge in [-0.3, -0.25) is 4.72 Å². The first-order valence-electron chi connectivity index (χ1n) is 7.57. The Morgan fingerprint density at radius 3 is 2.27 bits per heavy atom. The van der Waals surface area contributed by atoms with Crippen molar-refractivity contribution < 1.29 is 32.5 Å². The zero-order chi connectivity index (χ0) is 19.3. The molecule has 2 aromatic rings. The highest BCUT2D eigenvalue weighted by atomic mass is 32.2. The van der Waals surface area contributed by atoms with Gasteiger partial charge < -0.3 is 19.3 Å². The van der Waals surface area contributed by atoms with Crippen molar-refractivity contribution in [2.45, 2.75) is 11.8 Å². The summed E-state index contributed by atoms with van der Waals surface area (Å²) in [6, 6.07) is 8.14. The van der Waals surface area contributed by atoms with Crippen LogP contribution in [0.25, 0.3) is 0 Å². The number of hydrogen-bond donors (Lipinski definition) is 2. The molecule has 0 aliphatic heterocycles. The molecule has 9 heteroatoms. The molecule has 2 aromatic carbocycles. The van der Waals surface area contributed by atoms with Crippen LogP contribution in [-0.2, 0) is 10.0 Å². The molecule has 0 aromatic heterocycles. The number of sulfonamides is 1. The SMILES string of the molecule is CCOc1ccc(NS(=O)(=O)c2cc(C(=O)O)ccc2OC)cc1OC. The van der Waals surface area contributed by atoms with E-state index in [0.717, 1.165) is 6.07 Å². The molecule has 26 heavy (non-hydrogen) atoms. The standard InChI is InChI=1S/C17H19NO7S/c1-4-25-13-8-6-12(10-15(13)24-3)18-26(21,22)16-9-11(17(19)20)5-7-14(16)23-2/h5-10,18H,4H2,1-3H3,(H,19,20). The molecule has 0 saturated heterocycles. The van der Waals surface area contributed by atoms with E-state index in [1.807, 2.05) is 6.92 Å². The van der Waals surface area contributed by atoms with Crippen molar-refractivity contribution in [3.63, 3.8) is 0 Å². The lowest BCUT2D eigenvalue weighted by atomic mass is 10.2. The van der Waals surface area contributed by atoms with Gasteiger partial charge in [0, 0.05) is 6.07 Å². The summed E-state index contributed by atoms with van der Waals surface area (Å²) in [5, 5.41) is 9.09. The summed E-state index contributed by atoms with van der Waals surface area (Å²) in [7, 11) is -1.36. The van der Waals surface area contributed by atoms with Crippen molar-refractivity contribution in [2.24, 2.45) is 0 Å². The Balaban J connectivity index is 2.43. The number of methoxy groups -OCH3 is 2. The van der Waals surface area contributed by atoms with Crippen LogP contribution in [0.4, 0.5) is 5.69 Å². The maximum atomic E-state index is 12.7. The lowest BCUT2D eigenvalue weighted by molar-refractivity contribution is 0.0696. The van der Waals surface area contributed by atoms with Crippen molar-refractivity contribution in [2.75, 3.05) is 25.5 Å². The Labute approximate surface area is 151 Å². The van der Waals surface area contributed by atoms with Gasteiger partial charge in [0.05, 0.1) is 32.1 Å². The first-order chi connectivity index (χ1) is 12.3. The highest BCUT2D eigenvalue weighted by Gasteiger charge is 2.22. The van der Waals surface area contributed by atoms with Crippen LogP contribution >= 0.6 is 0 Å². The normalized spacial score (nSPS) is 10.9. The number of anilines is 1. The lowest BCUT2D eigenvalue weighted by Gasteiger charge is -2.14. The number of carboxylic acid groups (broad SMARTS) is 1. The Hall–Kier alpha value is -2.94. The van der Waals surface area contributed by atoms with Crippen LogP contribution in [0.2, 0.25) is 0 Å². The number of benzene rings is 2. The predicted octanol–water partition coefficient (Wildman–Crippen LogP) is 2.60. The third-order valence-corrected chi connectivity index (χ3v) is 4.82. The molecule has 0 heterocycles. The lowest BCUT2D eigenvalue weighted by Crippen LogP contribution is -2.15. The van der Waals surface area contributed by atoms with E-state index in [0.29, 0.717) is 18.1 Å². The molecule has 0 fully saturated rings. The monoisotopic (exact) mass is 381 g/mol. The number of rotatable bonds is 8.